The number of hydrogen-bond donors (Lipinski definition) is 4. The van der Waals surface area contributed by atoms with Gasteiger partial charge >= 0.3 is 17.9 Å². The van der Waals surface area contributed by atoms with Crippen LogP contribution in [-0.4, -0.2) is 56.1 Å². The average molecular weight is 617 g/mol. The van der Waals surface area contributed by atoms with E-state index >= 15 is 0 Å². The van der Waals surface area contributed by atoms with E-state index in [0.717, 1.165) is 51.0 Å². The molecule has 0 amide bonds. The Kier molecular flexibility index (Phi) is 9.11. The SMILES string of the molecule is C=C(CC[C@@H](C)[C@H]1CC[C@@]2(C)C3=C(C[C@H](O)[C@]12C)[C@@]1(C)CC[C@@H](OC(=O)C[C@](C)(O)C(=O)O)C(C)(C)[C@@H]1CC3)[C@H](C)C(=O)O. The molecule has 4 aliphatic carbocycles. The van der Waals surface area contributed by atoms with Crippen LogP contribution in [0.3, 0.4) is 0 Å². The van der Waals surface area contributed by atoms with Crippen LogP contribution < -0.4 is 0 Å². The summed E-state index contributed by atoms with van der Waals surface area (Å²) in [5, 5.41) is 40.9. The largest absolute Gasteiger partial charge is 0.481 e. The molecule has 0 aliphatic heterocycles. The van der Waals surface area contributed by atoms with E-state index in [0.29, 0.717) is 31.1 Å². The van der Waals surface area contributed by atoms with Crippen LogP contribution >= 0.6 is 0 Å². The highest BCUT2D eigenvalue weighted by atomic mass is 16.5. The minimum atomic E-state index is -2.17. The van der Waals surface area contributed by atoms with Crippen LogP contribution in [0.2, 0.25) is 0 Å². The van der Waals surface area contributed by atoms with Gasteiger partial charge in [0.05, 0.1) is 18.4 Å². The molecule has 0 aromatic rings. The quantitative estimate of drug-likeness (QED) is 0.160. The van der Waals surface area contributed by atoms with Gasteiger partial charge in [-0.1, -0.05) is 64.8 Å². The molecule has 0 saturated heterocycles. The summed E-state index contributed by atoms with van der Waals surface area (Å²) >= 11 is 0. The van der Waals surface area contributed by atoms with Crippen molar-refractivity contribution in [3.63, 3.8) is 0 Å². The monoisotopic (exact) mass is 616 g/mol. The third-order valence-corrected chi connectivity index (χ3v) is 13.6. The van der Waals surface area contributed by atoms with Crippen molar-refractivity contribution in [3.05, 3.63) is 23.3 Å². The van der Waals surface area contributed by atoms with E-state index in [1.165, 1.54) is 11.1 Å². The molecule has 0 unspecified atom stereocenters. The van der Waals surface area contributed by atoms with Gasteiger partial charge in [0.25, 0.3) is 0 Å². The van der Waals surface area contributed by atoms with Crippen molar-refractivity contribution in [1.82, 2.24) is 0 Å². The van der Waals surface area contributed by atoms with Gasteiger partial charge in [0, 0.05) is 10.8 Å². The molecule has 0 aromatic carbocycles. The number of hydrogen-bond acceptors (Lipinski definition) is 6. The van der Waals surface area contributed by atoms with Gasteiger partial charge in [0.1, 0.15) is 6.10 Å². The Morgan fingerprint density at radius 1 is 1.02 bits per heavy atom. The van der Waals surface area contributed by atoms with Crippen molar-refractivity contribution >= 4 is 17.9 Å². The summed E-state index contributed by atoms with van der Waals surface area (Å²) in [6.45, 7) is 20.4. The maximum absolute atomic E-state index is 12.7. The molecule has 4 aliphatic rings. The van der Waals surface area contributed by atoms with Gasteiger partial charge in [-0.3, -0.25) is 9.59 Å². The zero-order valence-electron chi connectivity index (χ0n) is 28.2. The fourth-order valence-electron chi connectivity index (χ4n) is 10.4. The smallest absolute Gasteiger partial charge is 0.335 e. The number of carboxylic acids is 2. The number of fused-ring (bicyclic) bond motifs is 4. The number of ether oxygens (including phenoxy) is 1. The van der Waals surface area contributed by atoms with Crippen molar-refractivity contribution in [2.75, 3.05) is 0 Å². The lowest BCUT2D eigenvalue weighted by molar-refractivity contribution is -0.180. The van der Waals surface area contributed by atoms with Crippen molar-refractivity contribution in [2.45, 2.75) is 137 Å². The first-order valence-electron chi connectivity index (χ1n) is 16.6. The maximum atomic E-state index is 12.7. The fourth-order valence-corrected chi connectivity index (χ4v) is 10.4. The molecule has 44 heavy (non-hydrogen) atoms. The Bertz CT molecular complexity index is 1230. The molecule has 4 N–H and O–H groups in total. The third-order valence-electron chi connectivity index (χ3n) is 13.6. The minimum absolute atomic E-state index is 0.131. The lowest BCUT2D eigenvalue weighted by Crippen LogP contribution is -2.58. The number of allylic oxidation sites excluding steroid dienone is 1. The Balaban J connectivity index is 1.57. The summed E-state index contributed by atoms with van der Waals surface area (Å²) in [4.78, 5) is 35.6. The average Bonchev–Trinajstić information content (AvgIpc) is 3.21. The first-order chi connectivity index (χ1) is 20.1. The Morgan fingerprint density at radius 3 is 2.25 bits per heavy atom. The second-order valence-electron chi connectivity index (χ2n) is 16.3. The summed E-state index contributed by atoms with van der Waals surface area (Å²) in [5.74, 6) is -2.67. The van der Waals surface area contributed by atoms with Crippen LogP contribution in [0.4, 0.5) is 0 Å². The van der Waals surface area contributed by atoms with Gasteiger partial charge in [-0.15, -0.1) is 0 Å². The highest BCUT2D eigenvalue weighted by Crippen LogP contribution is 2.72. The van der Waals surface area contributed by atoms with E-state index in [9.17, 15) is 34.8 Å². The zero-order valence-corrected chi connectivity index (χ0v) is 28.2. The molecule has 8 nitrogen and oxygen atoms in total. The lowest BCUT2D eigenvalue weighted by atomic mass is 9.42. The lowest BCUT2D eigenvalue weighted by Gasteiger charge is -2.63. The highest BCUT2D eigenvalue weighted by molar-refractivity contribution is 5.83. The van der Waals surface area contributed by atoms with Gasteiger partial charge in [0.15, 0.2) is 5.60 Å². The molecular formula is C36H56O8. The van der Waals surface area contributed by atoms with E-state index in [1.54, 1.807) is 6.92 Å². The first kappa shape index (κ1) is 34.7. The summed E-state index contributed by atoms with van der Waals surface area (Å²) < 4.78 is 5.89. The number of aliphatic carboxylic acids is 2. The van der Waals surface area contributed by atoms with Crippen LogP contribution in [0.25, 0.3) is 0 Å². The molecule has 8 heteroatoms. The molecule has 248 valence electrons. The molecule has 0 spiro atoms. The van der Waals surface area contributed by atoms with Crippen LogP contribution in [0, 0.1) is 45.3 Å². The molecule has 0 heterocycles. The van der Waals surface area contributed by atoms with E-state index in [-0.39, 0.29) is 33.7 Å². The van der Waals surface area contributed by atoms with Gasteiger partial charge in [-0.05, 0) is 100 Å². The normalized spacial score (nSPS) is 38.8. The number of carboxylic acid groups (broad SMARTS) is 2. The first-order valence-corrected chi connectivity index (χ1v) is 16.6. The van der Waals surface area contributed by atoms with E-state index in [2.05, 4.69) is 48.1 Å². The molecule has 10 atom stereocenters. The number of carbonyl (C=O) groups is 3. The number of aliphatic hydroxyl groups excluding tert-OH is 1. The molecule has 0 aromatic heterocycles. The van der Waals surface area contributed by atoms with Crippen LogP contribution in [0.5, 0.6) is 0 Å². The minimum Gasteiger partial charge on any atom is -0.481 e. The second-order valence-corrected chi connectivity index (χ2v) is 16.3. The number of aliphatic hydroxyl groups is 2. The van der Waals surface area contributed by atoms with Gasteiger partial charge in [0.2, 0.25) is 0 Å². The maximum Gasteiger partial charge on any atom is 0.335 e. The molecule has 0 radical (unpaired) electrons. The predicted molar refractivity (Wildman–Crippen MR) is 168 cm³/mol. The van der Waals surface area contributed by atoms with E-state index in [1.807, 2.05) is 0 Å². The van der Waals surface area contributed by atoms with Gasteiger partial charge in [-0.2, -0.15) is 0 Å². The van der Waals surface area contributed by atoms with E-state index < -0.39 is 42.0 Å². The number of esters is 1. The third kappa shape index (κ3) is 5.36. The van der Waals surface area contributed by atoms with Crippen molar-refractivity contribution < 1.29 is 39.5 Å². The predicted octanol–water partition coefficient (Wildman–Crippen LogP) is 6.54. The number of rotatable bonds is 10. The van der Waals surface area contributed by atoms with Gasteiger partial charge in [-0.25, -0.2) is 4.79 Å². The summed E-state index contributed by atoms with van der Waals surface area (Å²) in [6, 6.07) is 0. The van der Waals surface area contributed by atoms with E-state index in [4.69, 9.17) is 4.74 Å². The highest BCUT2D eigenvalue weighted by Gasteiger charge is 2.66. The standard InChI is InChI=1S/C36H56O8/c1-20(22(3)30(39)40)10-11-21(2)23-14-17-34(7)24-12-13-26-32(4,5)28(44-29(38)19-35(8,43)31(41)42)15-16-33(26,6)25(24)18-27(37)36(23,34)9/h21-23,26-28,37,43H,1,10-19H2,2-9H3,(H,39,40)(H,41,42)/t21-,22+,23-,26+,27+,28-,33-,34+,35+,36+/m1/s1. The Morgan fingerprint density at radius 2 is 1.66 bits per heavy atom. The second kappa shape index (κ2) is 11.6. The van der Waals surface area contributed by atoms with Crippen molar-refractivity contribution in [1.29, 1.82) is 0 Å². The molecule has 4 rings (SSSR count). The van der Waals surface area contributed by atoms with Crippen LogP contribution in [0.15, 0.2) is 23.3 Å². The molecule has 2 saturated carbocycles. The van der Waals surface area contributed by atoms with Crippen LogP contribution in [0.1, 0.15) is 120 Å². The van der Waals surface area contributed by atoms with Gasteiger partial charge < -0.3 is 25.2 Å². The van der Waals surface area contributed by atoms with Crippen molar-refractivity contribution in [2.24, 2.45) is 45.3 Å². The Hall–Kier alpha value is -2.19. The Labute approximate surface area is 263 Å². The molecular weight excluding hydrogens is 560 g/mol. The molecule has 0 bridgehead atoms. The fraction of sp³-hybridized carbons (Fsp3) is 0.806. The summed E-state index contributed by atoms with van der Waals surface area (Å²) in [5.41, 5.74) is 0.572. The number of carbonyl (C=O) groups excluding carboxylic acids is 1. The van der Waals surface area contributed by atoms with Crippen LogP contribution in [-0.2, 0) is 19.1 Å². The summed E-state index contributed by atoms with van der Waals surface area (Å²) in [7, 11) is 0. The molecule has 2 fully saturated rings. The summed E-state index contributed by atoms with van der Waals surface area (Å²) in [6.07, 6.45) is 6.12. The van der Waals surface area contributed by atoms with Crippen molar-refractivity contribution in [3.8, 4) is 0 Å². The zero-order chi connectivity index (χ0) is 33.2. The topological polar surface area (TPSA) is 141 Å².